The zero-order valence-corrected chi connectivity index (χ0v) is 8.39. The molecular weight excluding hydrogens is 174 g/mol. The van der Waals surface area contributed by atoms with E-state index in [-0.39, 0.29) is 0 Å². The van der Waals surface area contributed by atoms with Crippen molar-refractivity contribution in [2.24, 2.45) is 5.92 Å². The molecule has 0 aromatic carbocycles. The number of aryl methyl sites for hydroxylation is 1. The van der Waals surface area contributed by atoms with Gasteiger partial charge in [0.15, 0.2) is 0 Å². The van der Waals surface area contributed by atoms with Crippen LogP contribution in [0.4, 0.5) is 5.82 Å². The molecule has 0 aliphatic heterocycles. The lowest BCUT2D eigenvalue weighted by Crippen LogP contribution is -2.09. The summed E-state index contributed by atoms with van der Waals surface area (Å²) in [5.74, 6) is 1.10. The average Bonchev–Trinajstić information content (AvgIpc) is 2.17. The van der Waals surface area contributed by atoms with Gasteiger partial charge in [-0.15, -0.1) is 0 Å². The molecule has 1 aromatic rings. The summed E-state index contributed by atoms with van der Waals surface area (Å²) in [6.45, 7) is 6.91. The molecule has 0 atom stereocenters. The second kappa shape index (κ2) is 3.35. The standard InChI is InChI=1S/C8H14ClN3/c1-5(2)4-12-8(10)7(9)6(3)11-12/h5H,4,10H2,1-3H3. The first kappa shape index (κ1) is 9.39. The molecule has 4 heteroatoms. The topological polar surface area (TPSA) is 43.8 Å². The van der Waals surface area contributed by atoms with Crippen molar-refractivity contribution in [2.45, 2.75) is 27.3 Å². The molecular formula is C8H14ClN3. The summed E-state index contributed by atoms with van der Waals surface area (Å²) in [6, 6.07) is 0. The van der Waals surface area contributed by atoms with Crippen LogP contribution in [0.1, 0.15) is 19.5 Å². The van der Waals surface area contributed by atoms with Gasteiger partial charge in [0.25, 0.3) is 0 Å². The second-order valence-corrected chi connectivity index (χ2v) is 3.74. The summed E-state index contributed by atoms with van der Waals surface area (Å²) in [6.07, 6.45) is 0. The fourth-order valence-electron chi connectivity index (χ4n) is 1.06. The Balaban J connectivity index is 2.93. The molecule has 0 aliphatic rings. The lowest BCUT2D eigenvalue weighted by molar-refractivity contribution is 0.486. The molecule has 0 bridgehead atoms. The second-order valence-electron chi connectivity index (χ2n) is 3.36. The predicted octanol–water partition coefficient (Wildman–Crippen LogP) is 2.08. The largest absolute Gasteiger partial charge is 0.383 e. The fraction of sp³-hybridized carbons (Fsp3) is 0.625. The number of nitrogens with two attached hydrogens (primary N) is 1. The van der Waals surface area contributed by atoms with E-state index in [9.17, 15) is 0 Å². The number of nitrogen functional groups attached to an aromatic ring is 1. The monoisotopic (exact) mass is 187 g/mol. The third-order valence-corrected chi connectivity index (χ3v) is 2.10. The van der Waals surface area contributed by atoms with E-state index in [0.29, 0.717) is 16.8 Å². The van der Waals surface area contributed by atoms with Crippen LogP contribution in [0.5, 0.6) is 0 Å². The Bertz CT molecular complexity index is 278. The fourth-order valence-corrected chi connectivity index (χ4v) is 1.20. The molecule has 0 amide bonds. The molecule has 1 aromatic heterocycles. The van der Waals surface area contributed by atoms with E-state index in [2.05, 4.69) is 18.9 Å². The number of hydrogen-bond acceptors (Lipinski definition) is 2. The van der Waals surface area contributed by atoms with Gasteiger partial charge in [0.1, 0.15) is 10.8 Å². The quantitative estimate of drug-likeness (QED) is 0.771. The van der Waals surface area contributed by atoms with E-state index in [1.165, 1.54) is 0 Å². The van der Waals surface area contributed by atoms with E-state index >= 15 is 0 Å². The van der Waals surface area contributed by atoms with Gasteiger partial charge in [-0.05, 0) is 12.8 Å². The maximum absolute atomic E-state index is 5.87. The Hall–Kier alpha value is -0.700. The van der Waals surface area contributed by atoms with Gasteiger partial charge < -0.3 is 5.73 Å². The Labute approximate surface area is 77.5 Å². The van der Waals surface area contributed by atoms with Gasteiger partial charge in [-0.1, -0.05) is 25.4 Å². The van der Waals surface area contributed by atoms with Crippen LogP contribution in [-0.4, -0.2) is 9.78 Å². The Morgan fingerprint density at radius 1 is 1.58 bits per heavy atom. The molecule has 3 nitrogen and oxygen atoms in total. The highest BCUT2D eigenvalue weighted by Gasteiger charge is 2.10. The zero-order chi connectivity index (χ0) is 9.30. The molecule has 0 unspecified atom stereocenters. The van der Waals surface area contributed by atoms with E-state index in [0.717, 1.165) is 12.2 Å². The number of anilines is 1. The molecule has 12 heavy (non-hydrogen) atoms. The maximum Gasteiger partial charge on any atom is 0.140 e. The van der Waals surface area contributed by atoms with Crippen LogP contribution in [0, 0.1) is 12.8 Å². The highest BCUT2D eigenvalue weighted by atomic mass is 35.5. The van der Waals surface area contributed by atoms with Gasteiger partial charge in [0.2, 0.25) is 0 Å². The number of rotatable bonds is 2. The van der Waals surface area contributed by atoms with Gasteiger partial charge in [0.05, 0.1) is 5.69 Å². The normalized spacial score (nSPS) is 11.1. The number of halogens is 1. The van der Waals surface area contributed by atoms with Crippen LogP contribution in [0.25, 0.3) is 0 Å². The first-order valence-corrected chi connectivity index (χ1v) is 4.38. The average molecular weight is 188 g/mol. The van der Waals surface area contributed by atoms with Crippen molar-refractivity contribution in [3.05, 3.63) is 10.7 Å². The minimum atomic E-state index is 0.530. The molecule has 1 heterocycles. The Kier molecular flexibility index (Phi) is 2.62. The first-order chi connectivity index (χ1) is 5.52. The van der Waals surface area contributed by atoms with Gasteiger partial charge in [-0.25, -0.2) is 4.68 Å². The Morgan fingerprint density at radius 2 is 2.17 bits per heavy atom. The van der Waals surface area contributed by atoms with Gasteiger partial charge in [-0.2, -0.15) is 5.10 Å². The minimum Gasteiger partial charge on any atom is -0.383 e. The SMILES string of the molecule is Cc1nn(CC(C)C)c(N)c1Cl. The third kappa shape index (κ3) is 1.72. The van der Waals surface area contributed by atoms with Crippen LogP contribution in [0.15, 0.2) is 0 Å². The van der Waals surface area contributed by atoms with Gasteiger partial charge >= 0.3 is 0 Å². The van der Waals surface area contributed by atoms with Crippen molar-refractivity contribution in [3.8, 4) is 0 Å². The summed E-state index contributed by atoms with van der Waals surface area (Å²) in [4.78, 5) is 0. The molecule has 2 N–H and O–H groups in total. The van der Waals surface area contributed by atoms with E-state index < -0.39 is 0 Å². The number of hydrogen-bond donors (Lipinski definition) is 1. The van der Waals surface area contributed by atoms with Crippen molar-refractivity contribution in [3.63, 3.8) is 0 Å². The van der Waals surface area contributed by atoms with E-state index in [4.69, 9.17) is 17.3 Å². The minimum absolute atomic E-state index is 0.530. The summed E-state index contributed by atoms with van der Waals surface area (Å²) >= 11 is 5.87. The van der Waals surface area contributed by atoms with Crippen LogP contribution in [0.3, 0.4) is 0 Å². The van der Waals surface area contributed by atoms with Crippen LogP contribution >= 0.6 is 11.6 Å². The van der Waals surface area contributed by atoms with Gasteiger partial charge in [0, 0.05) is 6.54 Å². The number of nitrogens with zero attached hydrogens (tertiary/aromatic N) is 2. The molecule has 1 rings (SSSR count). The highest BCUT2D eigenvalue weighted by Crippen LogP contribution is 2.22. The molecule has 68 valence electrons. The van der Waals surface area contributed by atoms with Crippen LogP contribution < -0.4 is 5.73 Å². The summed E-state index contributed by atoms with van der Waals surface area (Å²) in [5.41, 5.74) is 6.52. The molecule has 0 saturated carbocycles. The zero-order valence-electron chi connectivity index (χ0n) is 7.63. The Morgan fingerprint density at radius 3 is 2.50 bits per heavy atom. The summed E-state index contributed by atoms with van der Waals surface area (Å²) < 4.78 is 1.75. The van der Waals surface area contributed by atoms with Crippen molar-refractivity contribution < 1.29 is 0 Å². The molecule has 0 fully saturated rings. The summed E-state index contributed by atoms with van der Waals surface area (Å²) in [5, 5.41) is 4.79. The number of aromatic nitrogens is 2. The molecule has 0 saturated heterocycles. The van der Waals surface area contributed by atoms with Crippen molar-refractivity contribution in [1.29, 1.82) is 0 Å². The van der Waals surface area contributed by atoms with Crippen LogP contribution in [-0.2, 0) is 6.54 Å². The van der Waals surface area contributed by atoms with Crippen LogP contribution in [0.2, 0.25) is 5.02 Å². The first-order valence-electron chi connectivity index (χ1n) is 4.00. The smallest absolute Gasteiger partial charge is 0.140 e. The highest BCUT2D eigenvalue weighted by molar-refractivity contribution is 6.33. The summed E-state index contributed by atoms with van der Waals surface area (Å²) in [7, 11) is 0. The van der Waals surface area contributed by atoms with E-state index in [1.807, 2.05) is 6.92 Å². The molecule has 0 radical (unpaired) electrons. The van der Waals surface area contributed by atoms with Gasteiger partial charge in [-0.3, -0.25) is 0 Å². The lowest BCUT2D eigenvalue weighted by Gasteiger charge is -2.05. The molecule has 0 spiro atoms. The lowest BCUT2D eigenvalue weighted by atomic mass is 10.2. The molecule has 0 aliphatic carbocycles. The third-order valence-electron chi connectivity index (χ3n) is 1.63. The van der Waals surface area contributed by atoms with Crippen molar-refractivity contribution in [1.82, 2.24) is 9.78 Å². The van der Waals surface area contributed by atoms with Crippen molar-refractivity contribution >= 4 is 17.4 Å². The van der Waals surface area contributed by atoms with Crippen molar-refractivity contribution in [2.75, 3.05) is 5.73 Å². The van der Waals surface area contributed by atoms with E-state index in [1.54, 1.807) is 4.68 Å². The maximum atomic E-state index is 5.87. The predicted molar refractivity (Wildman–Crippen MR) is 51.2 cm³/mol.